The standard InChI is InChI=1S/C12H28N4O3/c1-11(10-19-4)14-12(15-13)16(7-9-18-3)6-5-8-17-2/h11H,5-10,13H2,1-4H3,(H,14,15). The third-order valence-electron chi connectivity index (χ3n) is 2.52. The van der Waals surface area contributed by atoms with Crippen LogP contribution in [-0.2, 0) is 14.2 Å². The molecule has 0 aliphatic carbocycles. The minimum absolute atomic E-state index is 0.0449. The van der Waals surface area contributed by atoms with Gasteiger partial charge in [0.2, 0.25) is 5.96 Å². The first-order valence-electron chi connectivity index (χ1n) is 6.45. The zero-order valence-electron chi connectivity index (χ0n) is 12.5. The van der Waals surface area contributed by atoms with Gasteiger partial charge in [0.05, 0.1) is 19.3 Å². The van der Waals surface area contributed by atoms with Gasteiger partial charge in [0, 0.05) is 41.0 Å². The number of rotatable bonds is 10. The molecule has 0 aromatic carbocycles. The van der Waals surface area contributed by atoms with Crippen LogP contribution in [0.5, 0.6) is 0 Å². The molecular formula is C12H28N4O3. The molecule has 0 amide bonds. The fourth-order valence-electron chi connectivity index (χ4n) is 1.62. The number of guanidine groups is 1. The van der Waals surface area contributed by atoms with Gasteiger partial charge in [0.15, 0.2) is 0 Å². The molecule has 0 aliphatic heterocycles. The number of hydrogen-bond acceptors (Lipinski definition) is 5. The molecule has 3 N–H and O–H groups in total. The average molecular weight is 276 g/mol. The highest BCUT2D eigenvalue weighted by molar-refractivity contribution is 5.79. The summed E-state index contributed by atoms with van der Waals surface area (Å²) < 4.78 is 15.2. The van der Waals surface area contributed by atoms with E-state index in [1.54, 1.807) is 21.3 Å². The number of hydrazine groups is 1. The molecule has 7 nitrogen and oxygen atoms in total. The zero-order valence-corrected chi connectivity index (χ0v) is 12.5. The lowest BCUT2D eigenvalue weighted by atomic mass is 10.3. The molecule has 0 saturated carbocycles. The monoisotopic (exact) mass is 276 g/mol. The molecule has 0 rings (SSSR count). The number of aliphatic imine (C=N–C) groups is 1. The molecule has 0 saturated heterocycles. The molecule has 0 fully saturated rings. The highest BCUT2D eigenvalue weighted by atomic mass is 16.5. The Hall–Kier alpha value is -0.890. The van der Waals surface area contributed by atoms with Crippen LogP contribution in [0.2, 0.25) is 0 Å². The number of nitrogens with two attached hydrogens (primary N) is 1. The Labute approximate surface area is 116 Å². The van der Waals surface area contributed by atoms with Crippen LogP contribution in [0.1, 0.15) is 13.3 Å². The Morgan fingerprint density at radius 3 is 2.37 bits per heavy atom. The molecule has 0 aliphatic rings. The van der Waals surface area contributed by atoms with E-state index < -0.39 is 0 Å². The van der Waals surface area contributed by atoms with Gasteiger partial charge in [-0.05, 0) is 13.3 Å². The fourth-order valence-corrected chi connectivity index (χ4v) is 1.62. The van der Waals surface area contributed by atoms with Crippen molar-refractivity contribution in [2.24, 2.45) is 10.8 Å². The largest absolute Gasteiger partial charge is 0.385 e. The predicted octanol–water partition coefficient (Wildman–Crippen LogP) is -0.174. The van der Waals surface area contributed by atoms with Gasteiger partial charge in [0.1, 0.15) is 0 Å². The summed E-state index contributed by atoms with van der Waals surface area (Å²) in [6.45, 7) is 5.38. The Bertz CT molecular complexity index is 239. The van der Waals surface area contributed by atoms with Crippen LogP contribution in [0.25, 0.3) is 0 Å². The highest BCUT2D eigenvalue weighted by Crippen LogP contribution is 1.98. The quantitative estimate of drug-likeness (QED) is 0.189. The summed E-state index contributed by atoms with van der Waals surface area (Å²) in [5.74, 6) is 6.21. The average Bonchev–Trinajstić information content (AvgIpc) is 2.40. The van der Waals surface area contributed by atoms with E-state index in [0.717, 1.165) is 19.5 Å². The first kappa shape index (κ1) is 18.1. The Morgan fingerprint density at radius 2 is 1.84 bits per heavy atom. The number of nitrogens with one attached hydrogen (secondary N) is 1. The minimum atomic E-state index is 0.0449. The summed E-state index contributed by atoms with van der Waals surface area (Å²) in [5, 5.41) is 0. The lowest BCUT2D eigenvalue weighted by molar-refractivity contribution is 0.158. The van der Waals surface area contributed by atoms with Gasteiger partial charge < -0.3 is 19.1 Å². The molecule has 0 bridgehead atoms. The van der Waals surface area contributed by atoms with E-state index in [1.165, 1.54) is 0 Å². The van der Waals surface area contributed by atoms with Crippen LogP contribution < -0.4 is 11.3 Å². The van der Waals surface area contributed by atoms with Crippen LogP contribution >= 0.6 is 0 Å². The van der Waals surface area contributed by atoms with Gasteiger partial charge in [-0.15, -0.1) is 0 Å². The molecule has 0 aromatic rings. The first-order chi connectivity index (χ1) is 9.19. The second kappa shape index (κ2) is 12.2. The molecule has 0 aromatic heterocycles. The van der Waals surface area contributed by atoms with E-state index in [-0.39, 0.29) is 6.04 Å². The summed E-state index contributed by atoms with van der Waals surface area (Å²) in [5.41, 5.74) is 2.65. The van der Waals surface area contributed by atoms with Gasteiger partial charge in [-0.1, -0.05) is 0 Å². The van der Waals surface area contributed by atoms with Crippen molar-refractivity contribution in [3.8, 4) is 0 Å². The summed E-state index contributed by atoms with van der Waals surface area (Å²) in [7, 11) is 5.02. The summed E-state index contributed by atoms with van der Waals surface area (Å²) in [6.07, 6.45) is 0.902. The van der Waals surface area contributed by atoms with E-state index in [0.29, 0.717) is 25.8 Å². The number of nitrogens with zero attached hydrogens (tertiary/aromatic N) is 2. The minimum Gasteiger partial charge on any atom is -0.385 e. The van der Waals surface area contributed by atoms with Crippen LogP contribution in [0.4, 0.5) is 0 Å². The van der Waals surface area contributed by atoms with E-state index in [2.05, 4.69) is 15.3 Å². The lowest BCUT2D eigenvalue weighted by Crippen LogP contribution is -2.47. The number of methoxy groups -OCH3 is 3. The predicted molar refractivity (Wildman–Crippen MR) is 76.0 cm³/mol. The van der Waals surface area contributed by atoms with Crippen molar-refractivity contribution < 1.29 is 14.2 Å². The molecule has 0 spiro atoms. The number of hydrogen-bond donors (Lipinski definition) is 2. The van der Waals surface area contributed by atoms with E-state index in [4.69, 9.17) is 20.1 Å². The Kier molecular flexibility index (Phi) is 11.6. The van der Waals surface area contributed by atoms with Gasteiger partial charge in [0.25, 0.3) is 0 Å². The van der Waals surface area contributed by atoms with E-state index in [9.17, 15) is 0 Å². The van der Waals surface area contributed by atoms with Crippen molar-refractivity contribution in [2.45, 2.75) is 19.4 Å². The summed E-state index contributed by atoms with van der Waals surface area (Å²) in [4.78, 5) is 6.55. The van der Waals surface area contributed by atoms with Crippen molar-refractivity contribution in [1.82, 2.24) is 10.3 Å². The van der Waals surface area contributed by atoms with Gasteiger partial charge in [-0.3, -0.25) is 5.43 Å². The molecule has 114 valence electrons. The van der Waals surface area contributed by atoms with E-state index in [1.807, 2.05) is 6.92 Å². The zero-order chi connectivity index (χ0) is 14.5. The van der Waals surface area contributed by atoms with Gasteiger partial charge in [-0.25, -0.2) is 10.8 Å². The van der Waals surface area contributed by atoms with Crippen molar-refractivity contribution in [1.29, 1.82) is 0 Å². The van der Waals surface area contributed by atoms with Crippen LogP contribution in [-0.4, -0.2) is 71.1 Å². The molecule has 1 atom stereocenters. The second-order valence-electron chi connectivity index (χ2n) is 4.23. The first-order valence-corrected chi connectivity index (χ1v) is 6.45. The van der Waals surface area contributed by atoms with Crippen LogP contribution in [0.15, 0.2) is 4.99 Å². The molecule has 7 heteroatoms. The topological polar surface area (TPSA) is 81.3 Å². The SMILES string of the molecule is COCCCN(CCOC)C(=NC(C)COC)NN. The smallest absolute Gasteiger partial charge is 0.208 e. The normalized spacial score (nSPS) is 13.4. The molecule has 1 unspecified atom stereocenters. The maximum atomic E-state index is 5.56. The van der Waals surface area contributed by atoms with Crippen molar-refractivity contribution in [2.75, 3.05) is 54.2 Å². The molecule has 19 heavy (non-hydrogen) atoms. The molecule has 0 heterocycles. The fraction of sp³-hybridized carbons (Fsp3) is 0.917. The molecule has 0 radical (unpaired) electrons. The van der Waals surface area contributed by atoms with Crippen LogP contribution in [0, 0.1) is 0 Å². The maximum absolute atomic E-state index is 5.56. The highest BCUT2D eigenvalue weighted by Gasteiger charge is 2.11. The lowest BCUT2D eigenvalue weighted by Gasteiger charge is -2.26. The van der Waals surface area contributed by atoms with E-state index >= 15 is 0 Å². The van der Waals surface area contributed by atoms with Gasteiger partial charge in [-0.2, -0.15) is 0 Å². The Morgan fingerprint density at radius 1 is 1.16 bits per heavy atom. The van der Waals surface area contributed by atoms with Crippen LogP contribution in [0.3, 0.4) is 0 Å². The third kappa shape index (κ3) is 8.77. The van der Waals surface area contributed by atoms with Crippen molar-refractivity contribution in [3.63, 3.8) is 0 Å². The molecular weight excluding hydrogens is 248 g/mol. The van der Waals surface area contributed by atoms with Gasteiger partial charge >= 0.3 is 0 Å². The Balaban J connectivity index is 4.54. The van der Waals surface area contributed by atoms with Crippen molar-refractivity contribution >= 4 is 5.96 Å². The summed E-state index contributed by atoms with van der Waals surface area (Å²) >= 11 is 0. The third-order valence-corrected chi connectivity index (χ3v) is 2.52. The maximum Gasteiger partial charge on any atom is 0.208 e. The summed E-state index contributed by atoms with van der Waals surface area (Å²) in [6, 6.07) is 0.0449. The van der Waals surface area contributed by atoms with Crippen molar-refractivity contribution in [3.05, 3.63) is 0 Å². The second-order valence-corrected chi connectivity index (χ2v) is 4.23. The number of ether oxygens (including phenoxy) is 3.